The van der Waals surface area contributed by atoms with Gasteiger partial charge in [0.15, 0.2) is 0 Å². The van der Waals surface area contributed by atoms with Crippen molar-refractivity contribution in [3.05, 3.63) is 0 Å². The quantitative estimate of drug-likeness (QED) is 0.825. The first kappa shape index (κ1) is 14.8. The lowest BCUT2D eigenvalue weighted by atomic mass is 9.67. The lowest BCUT2D eigenvalue weighted by Gasteiger charge is -2.46. The van der Waals surface area contributed by atoms with E-state index < -0.39 is 0 Å². The van der Waals surface area contributed by atoms with Gasteiger partial charge in [-0.1, -0.05) is 27.2 Å². The van der Waals surface area contributed by atoms with E-state index in [1.54, 1.807) is 0 Å². The third-order valence-electron chi connectivity index (χ3n) is 6.32. The Morgan fingerprint density at radius 3 is 2.70 bits per heavy atom. The molecule has 1 N–H and O–H groups in total. The van der Waals surface area contributed by atoms with Crippen LogP contribution in [0.4, 0.5) is 0 Å². The molecule has 0 radical (unpaired) electrons. The number of likely N-dealkylation sites (tertiary alicyclic amines) is 1. The van der Waals surface area contributed by atoms with E-state index in [-0.39, 0.29) is 0 Å². The molecule has 2 saturated carbocycles. The Morgan fingerprint density at radius 1 is 1.20 bits per heavy atom. The average molecular weight is 278 g/mol. The highest BCUT2D eigenvalue weighted by Crippen LogP contribution is 2.42. The Kier molecular flexibility index (Phi) is 4.42. The van der Waals surface area contributed by atoms with Gasteiger partial charge in [-0.15, -0.1) is 0 Å². The second-order valence-electron chi connectivity index (χ2n) is 8.36. The maximum atomic E-state index is 3.90. The minimum absolute atomic E-state index is 0.483. The first-order chi connectivity index (χ1) is 9.60. The third kappa shape index (κ3) is 2.92. The zero-order chi connectivity index (χ0) is 14.2. The second kappa shape index (κ2) is 5.96. The van der Waals surface area contributed by atoms with Gasteiger partial charge in [0.05, 0.1) is 0 Å². The van der Waals surface area contributed by atoms with Gasteiger partial charge >= 0.3 is 0 Å². The van der Waals surface area contributed by atoms with Gasteiger partial charge in [-0.05, 0) is 62.3 Å². The van der Waals surface area contributed by atoms with Crippen molar-refractivity contribution in [2.45, 2.75) is 77.8 Å². The van der Waals surface area contributed by atoms with Crippen LogP contribution in [0.5, 0.6) is 0 Å². The molecule has 116 valence electrons. The summed E-state index contributed by atoms with van der Waals surface area (Å²) in [5.41, 5.74) is 0.483. The Labute approximate surface area is 125 Å². The topological polar surface area (TPSA) is 15.3 Å². The molecular weight excluding hydrogens is 244 g/mol. The van der Waals surface area contributed by atoms with E-state index in [1.165, 1.54) is 64.6 Å². The fourth-order valence-electron chi connectivity index (χ4n) is 5.27. The van der Waals surface area contributed by atoms with Gasteiger partial charge in [0.2, 0.25) is 0 Å². The van der Waals surface area contributed by atoms with Crippen LogP contribution in [0, 0.1) is 17.3 Å². The fraction of sp³-hybridized carbons (Fsp3) is 1.00. The highest BCUT2D eigenvalue weighted by atomic mass is 15.2. The molecule has 2 bridgehead atoms. The SMILES string of the molecule is CCCNC1C(CN2CC3CCC2C3)CCCC1(C)C. The lowest BCUT2D eigenvalue weighted by Crippen LogP contribution is -2.53. The van der Waals surface area contributed by atoms with E-state index in [9.17, 15) is 0 Å². The summed E-state index contributed by atoms with van der Waals surface area (Å²) in [5, 5.41) is 3.90. The van der Waals surface area contributed by atoms with Gasteiger partial charge < -0.3 is 5.32 Å². The van der Waals surface area contributed by atoms with E-state index >= 15 is 0 Å². The van der Waals surface area contributed by atoms with Crippen molar-refractivity contribution < 1.29 is 0 Å². The molecule has 0 spiro atoms. The third-order valence-corrected chi connectivity index (χ3v) is 6.32. The summed E-state index contributed by atoms with van der Waals surface area (Å²) in [6.45, 7) is 11.2. The highest BCUT2D eigenvalue weighted by molar-refractivity contribution is 4.98. The Bertz CT molecular complexity index is 325. The Balaban J connectivity index is 1.63. The van der Waals surface area contributed by atoms with E-state index in [4.69, 9.17) is 0 Å². The molecule has 3 fully saturated rings. The van der Waals surface area contributed by atoms with Crippen LogP contribution in [-0.2, 0) is 0 Å². The fourth-order valence-corrected chi connectivity index (χ4v) is 5.27. The van der Waals surface area contributed by atoms with Crippen LogP contribution in [0.2, 0.25) is 0 Å². The number of hydrogen-bond acceptors (Lipinski definition) is 2. The molecule has 2 heteroatoms. The van der Waals surface area contributed by atoms with Gasteiger partial charge in [0.1, 0.15) is 0 Å². The molecule has 0 aromatic carbocycles. The molecule has 1 aliphatic heterocycles. The average Bonchev–Trinajstić information content (AvgIpc) is 2.99. The summed E-state index contributed by atoms with van der Waals surface area (Å²) in [6.07, 6.45) is 10.0. The van der Waals surface area contributed by atoms with Crippen molar-refractivity contribution in [1.82, 2.24) is 10.2 Å². The Morgan fingerprint density at radius 2 is 2.05 bits per heavy atom. The van der Waals surface area contributed by atoms with Gasteiger partial charge in [-0.2, -0.15) is 0 Å². The summed E-state index contributed by atoms with van der Waals surface area (Å²) in [5.74, 6) is 1.92. The largest absolute Gasteiger partial charge is 0.313 e. The molecule has 1 heterocycles. The number of piperidine rings is 1. The summed E-state index contributed by atoms with van der Waals surface area (Å²) in [6, 6.07) is 1.67. The predicted octanol–water partition coefficient (Wildman–Crippen LogP) is 3.67. The van der Waals surface area contributed by atoms with Crippen molar-refractivity contribution in [3.63, 3.8) is 0 Å². The van der Waals surface area contributed by atoms with Crippen LogP contribution in [0.3, 0.4) is 0 Å². The summed E-state index contributed by atoms with van der Waals surface area (Å²) < 4.78 is 0. The monoisotopic (exact) mass is 278 g/mol. The van der Waals surface area contributed by atoms with Crippen LogP contribution in [0.1, 0.15) is 65.7 Å². The number of hydrogen-bond donors (Lipinski definition) is 1. The van der Waals surface area contributed by atoms with E-state index in [0.29, 0.717) is 5.41 Å². The summed E-state index contributed by atoms with van der Waals surface area (Å²) >= 11 is 0. The van der Waals surface area contributed by atoms with Crippen LogP contribution in [-0.4, -0.2) is 36.6 Å². The highest BCUT2D eigenvalue weighted by Gasteiger charge is 2.43. The number of rotatable bonds is 5. The van der Waals surface area contributed by atoms with Gasteiger partial charge in [0.25, 0.3) is 0 Å². The standard InChI is InChI=1S/C18H34N2/c1-4-10-19-17-15(6-5-9-18(17,2)3)13-20-12-14-7-8-16(20)11-14/h14-17,19H,4-13H2,1-3H3. The maximum absolute atomic E-state index is 3.90. The minimum Gasteiger partial charge on any atom is -0.313 e. The molecule has 20 heavy (non-hydrogen) atoms. The van der Waals surface area contributed by atoms with E-state index in [0.717, 1.165) is 23.9 Å². The first-order valence-corrected chi connectivity index (χ1v) is 9.07. The van der Waals surface area contributed by atoms with Crippen molar-refractivity contribution in [3.8, 4) is 0 Å². The van der Waals surface area contributed by atoms with Crippen molar-refractivity contribution in [2.75, 3.05) is 19.6 Å². The lowest BCUT2D eigenvalue weighted by molar-refractivity contribution is 0.0691. The molecule has 1 saturated heterocycles. The smallest absolute Gasteiger partial charge is 0.0159 e. The number of nitrogens with one attached hydrogen (secondary N) is 1. The van der Waals surface area contributed by atoms with Crippen LogP contribution < -0.4 is 5.32 Å². The van der Waals surface area contributed by atoms with Gasteiger partial charge in [-0.25, -0.2) is 0 Å². The second-order valence-corrected chi connectivity index (χ2v) is 8.36. The molecule has 0 aromatic rings. The molecular formula is C18H34N2. The Hall–Kier alpha value is -0.0800. The summed E-state index contributed by atoms with van der Waals surface area (Å²) in [4.78, 5) is 2.85. The van der Waals surface area contributed by atoms with Crippen molar-refractivity contribution in [2.24, 2.45) is 17.3 Å². The molecule has 3 aliphatic rings. The normalized spacial score (nSPS) is 40.4. The molecule has 2 nitrogen and oxygen atoms in total. The first-order valence-electron chi connectivity index (χ1n) is 9.07. The minimum atomic E-state index is 0.483. The molecule has 3 rings (SSSR count). The number of nitrogens with zero attached hydrogens (tertiary/aromatic N) is 1. The molecule has 0 amide bonds. The molecule has 4 unspecified atom stereocenters. The van der Waals surface area contributed by atoms with Crippen molar-refractivity contribution >= 4 is 0 Å². The van der Waals surface area contributed by atoms with E-state index in [1.807, 2.05) is 0 Å². The van der Waals surface area contributed by atoms with Crippen LogP contribution >= 0.6 is 0 Å². The van der Waals surface area contributed by atoms with E-state index in [2.05, 4.69) is 31.0 Å². The summed E-state index contributed by atoms with van der Waals surface area (Å²) in [7, 11) is 0. The van der Waals surface area contributed by atoms with Crippen molar-refractivity contribution in [1.29, 1.82) is 0 Å². The zero-order valence-corrected chi connectivity index (χ0v) is 13.8. The number of fused-ring (bicyclic) bond motifs is 2. The van der Waals surface area contributed by atoms with Gasteiger partial charge in [-0.3, -0.25) is 4.90 Å². The zero-order valence-electron chi connectivity index (χ0n) is 13.8. The predicted molar refractivity (Wildman–Crippen MR) is 85.9 cm³/mol. The molecule has 2 aliphatic carbocycles. The molecule has 0 aromatic heterocycles. The van der Waals surface area contributed by atoms with Crippen LogP contribution in [0.25, 0.3) is 0 Å². The van der Waals surface area contributed by atoms with Crippen LogP contribution in [0.15, 0.2) is 0 Å². The van der Waals surface area contributed by atoms with Gasteiger partial charge in [0, 0.05) is 25.2 Å². The molecule has 4 atom stereocenters. The maximum Gasteiger partial charge on any atom is 0.0159 e.